The Morgan fingerprint density at radius 3 is 2.56 bits per heavy atom. The molecule has 0 saturated heterocycles. The average molecular weight is 623 g/mol. The van der Waals surface area contributed by atoms with E-state index in [1.807, 2.05) is 0 Å². The average Bonchev–Trinajstić information content (AvgIpc) is 3.38. The summed E-state index contributed by atoms with van der Waals surface area (Å²) in [6.07, 6.45) is 1.56. The summed E-state index contributed by atoms with van der Waals surface area (Å²) >= 11 is 3.37. The molecule has 1 amide bonds. The van der Waals surface area contributed by atoms with Gasteiger partial charge in [-0.1, -0.05) is 21.1 Å². The first kappa shape index (κ1) is 27.6. The Bertz CT molecular complexity index is 1850. The minimum Gasteiger partial charge on any atom is -0.497 e. The van der Waals surface area contributed by atoms with E-state index in [1.165, 1.54) is 38.0 Å². The zero-order valence-electron chi connectivity index (χ0n) is 22.1. The van der Waals surface area contributed by atoms with Gasteiger partial charge in [0, 0.05) is 29.6 Å². The monoisotopic (exact) mass is 622 g/mol. The molecular weight excluding hydrogens is 600 g/mol. The first-order valence-corrected chi connectivity index (χ1v) is 13.0. The highest BCUT2D eigenvalue weighted by molar-refractivity contribution is 9.10. The molecule has 0 aliphatic rings. The molecule has 0 aliphatic carbocycles. The molecule has 3 aromatic carbocycles. The van der Waals surface area contributed by atoms with E-state index in [0.717, 1.165) is 4.47 Å². The van der Waals surface area contributed by atoms with Crippen molar-refractivity contribution in [3.05, 3.63) is 75.1 Å². The predicted octanol–water partition coefficient (Wildman–Crippen LogP) is 4.46. The lowest BCUT2D eigenvalue weighted by molar-refractivity contribution is -0.131. The number of ether oxygens (including phenoxy) is 4. The maximum Gasteiger partial charge on any atom is 0.308 e. The van der Waals surface area contributed by atoms with Crippen LogP contribution in [0.25, 0.3) is 21.9 Å². The third-order valence-electron chi connectivity index (χ3n) is 5.89. The summed E-state index contributed by atoms with van der Waals surface area (Å²) in [5.74, 6) is 0.372. The molecule has 0 aliphatic heterocycles. The van der Waals surface area contributed by atoms with E-state index in [-0.39, 0.29) is 47.0 Å². The molecule has 0 spiro atoms. The van der Waals surface area contributed by atoms with Gasteiger partial charge in [-0.2, -0.15) is 0 Å². The highest BCUT2D eigenvalue weighted by Crippen LogP contribution is 2.33. The lowest BCUT2D eigenvalue weighted by Gasteiger charge is -2.11. The molecule has 0 unspecified atom stereocenters. The van der Waals surface area contributed by atoms with Crippen LogP contribution in [0.5, 0.6) is 23.0 Å². The molecule has 2 aromatic heterocycles. The van der Waals surface area contributed by atoms with Gasteiger partial charge in [-0.25, -0.2) is 4.68 Å². The van der Waals surface area contributed by atoms with Gasteiger partial charge in [-0.15, -0.1) is 5.10 Å². The van der Waals surface area contributed by atoms with Gasteiger partial charge in [0.2, 0.25) is 11.3 Å². The van der Waals surface area contributed by atoms with E-state index in [4.69, 9.17) is 23.4 Å². The quantitative estimate of drug-likeness (QED) is 0.142. The van der Waals surface area contributed by atoms with Crippen LogP contribution < -0.4 is 29.7 Å². The van der Waals surface area contributed by atoms with Crippen LogP contribution in [0, 0.1) is 0 Å². The van der Waals surface area contributed by atoms with Crippen LogP contribution in [-0.4, -0.2) is 41.1 Å². The number of halogens is 1. The number of hydrogen-bond acceptors (Lipinski definition) is 10. The molecule has 1 N–H and O–H groups in total. The van der Waals surface area contributed by atoms with Crippen molar-refractivity contribution in [1.29, 1.82) is 0 Å². The molecular formula is C28H23BrN4O8. The van der Waals surface area contributed by atoms with E-state index < -0.39 is 5.97 Å². The van der Waals surface area contributed by atoms with Gasteiger partial charge in [-0.05, 0) is 30.3 Å². The fourth-order valence-electron chi connectivity index (χ4n) is 4.09. The maximum atomic E-state index is 13.2. The summed E-state index contributed by atoms with van der Waals surface area (Å²) in [5, 5.41) is 11.3. The predicted molar refractivity (Wildman–Crippen MR) is 152 cm³/mol. The van der Waals surface area contributed by atoms with Crippen LogP contribution >= 0.6 is 15.9 Å². The minimum absolute atomic E-state index is 0.0119. The molecule has 0 fully saturated rings. The second-order valence-electron chi connectivity index (χ2n) is 8.77. The van der Waals surface area contributed by atoms with Crippen molar-refractivity contribution in [2.24, 2.45) is 0 Å². The first-order valence-electron chi connectivity index (χ1n) is 12.2. The number of aromatic nitrogens is 3. The second-order valence-corrected chi connectivity index (χ2v) is 9.69. The van der Waals surface area contributed by atoms with E-state index in [2.05, 4.69) is 31.6 Å². The lowest BCUT2D eigenvalue weighted by Crippen LogP contribution is -2.19. The van der Waals surface area contributed by atoms with Gasteiger partial charge in [0.25, 0.3) is 0 Å². The Hall–Kier alpha value is -4.91. The van der Waals surface area contributed by atoms with Gasteiger partial charge >= 0.3 is 5.97 Å². The van der Waals surface area contributed by atoms with Crippen LogP contribution in [-0.2, 0) is 22.7 Å². The van der Waals surface area contributed by atoms with Crippen molar-refractivity contribution >= 4 is 55.4 Å². The number of methoxy groups -OCH3 is 2. The molecule has 5 rings (SSSR count). The number of nitrogens with one attached hydrogen (secondary N) is 1. The number of anilines is 1. The topological polar surface area (TPSA) is 144 Å². The number of carbonyl (C=O) groups is 2. The zero-order chi connectivity index (χ0) is 29.1. The van der Waals surface area contributed by atoms with Crippen LogP contribution in [0.2, 0.25) is 0 Å². The number of esters is 1. The Kier molecular flexibility index (Phi) is 7.88. The highest BCUT2D eigenvalue weighted by Gasteiger charge is 2.17. The van der Waals surface area contributed by atoms with Crippen molar-refractivity contribution < 1.29 is 33.0 Å². The molecule has 13 heteroatoms. The summed E-state index contributed by atoms with van der Waals surface area (Å²) in [6.45, 7) is 1.10. The zero-order valence-corrected chi connectivity index (χ0v) is 23.7. The van der Waals surface area contributed by atoms with Crippen LogP contribution in [0.15, 0.2) is 68.4 Å². The number of rotatable bonds is 9. The number of nitrogens with zero attached hydrogens (tertiary/aromatic N) is 3. The molecule has 5 aromatic rings. The molecule has 2 heterocycles. The van der Waals surface area contributed by atoms with Gasteiger partial charge in [0.05, 0.1) is 31.5 Å². The number of hydrogen-bond donors (Lipinski definition) is 1. The standard InChI is InChI=1S/C28H23BrN4O8/c1-15(34)40-24-10-19(11-25-27(24)28(36)20-6-4-16(29)8-22(20)41-25)39-14-17-12-33(32-31-17)13-26(35)30-21-7-5-18(37-2)9-23(21)38-3/h4-12H,13-14H2,1-3H3,(H,30,35). The number of carbonyl (C=O) groups excluding carboxylic acids is 2. The largest absolute Gasteiger partial charge is 0.497 e. The summed E-state index contributed by atoms with van der Waals surface area (Å²) in [7, 11) is 3.03. The number of benzene rings is 3. The first-order chi connectivity index (χ1) is 19.7. The smallest absolute Gasteiger partial charge is 0.308 e. The Morgan fingerprint density at radius 2 is 1.80 bits per heavy atom. The van der Waals surface area contributed by atoms with Crippen molar-refractivity contribution in [3.63, 3.8) is 0 Å². The highest BCUT2D eigenvalue weighted by atomic mass is 79.9. The van der Waals surface area contributed by atoms with E-state index in [1.54, 1.807) is 42.6 Å². The Morgan fingerprint density at radius 1 is 1.00 bits per heavy atom. The van der Waals surface area contributed by atoms with Crippen molar-refractivity contribution in [3.8, 4) is 23.0 Å². The third-order valence-corrected chi connectivity index (χ3v) is 6.38. The van der Waals surface area contributed by atoms with E-state index in [9.17, 15) is 14.4 Å². The summed E-state index contributed by atoms with van der Waals surface area (Å²) in [6, 6.07) is 13.0. The van der Waals surface area contributed by atoms with Crippen molar-refractivity contribution in [2.75, 3.05) is 19.5 Å². The second kappa shape index (κ2) is 11.7. The number of amides is 1. The molecule has 12 nitrogen and oxygen atoms in total. The maximum absolute atomic E-state index is 13.2. The summed E-state index contributed by atoms with van der Waals surface area (Å²) < 4.78 is 29.7. The van der Waals surface area contributed by atoms with E-state index in [0.29, 0.717) is 33.8 Å². The summed E-state index contributed by atoms with van der Waals surface area (Å²) in [4.78, 5) is 37.5. The van der Waals surface area contributed by atoms with Crippen LogP contribution in [0.3, 0.4) is 0 Å². The lowest BCUT2D eigenvalue weighted by atomic mass is 10.1. The summed E-state index contributed by atoms with van der Waals surface area (Å²) in [5.41, 5.74) is 1.11. The molecule has 0 saturated carbocycles. The number of fused-ring (bicyclic) bond motifs is 2. The minimum atomic E-state index is -0.604. The van der Waals surface area contributed by atoms with Crippen molar-refractivity contribution in [1.82, 2.24) is 15.0 Å². The fourth-order valence-corrected chi connectivity index (χ4v) is 4.43. The SMILES string of the molecule is COc1ccc(NC(=O)Cn2cc(COc3cc(OC(C)=O)c4c(=O)c5ccc(Br)cc5oc4c3)nn2)c(OC)c1. The van der Waals surface area contributed by atoms with Gasteiger partial charge in [0.15, 0.2) is 0 Å². The molecule has 41 heavy (non-hydrogen) atoms. The van der Waals surface area contributed by atoms with E-state index >= 15 is 0 Å². The molecule has 0 bridgehead atoms. The molecule has 0 atom stereocenters. The Labute approximate surface area is 240 Å². The van der Waals surface area contributed by atoms with Crippen LogP contribution in [0.1, 0.15) is 12.6 Å². The van der Waals surface area contributed by atoms with Gasteiger partial charge in [-0.3, -0.25) is 14.4 Å². The molecule has 210 valence electrons. The third kappa shape index (κ3) is 6.14. The van der Waals surface area contributed by atoms with Gasteiger partial charge in [0.1, 0.15) is 58.4 Å². The van der Waals surface area contributed by atoms with Crippen LogP contribution in [0.4, 0.5) is 5.69 Å². The fraction of sp³-hybridized carbons (Fsp3) is 0.179. The van der Waals surface area contributed by atoms with Gasteiger partial charge < -0.3 is 28.7 Å². The van der Waals surface area contributed by atoms with Crippen molar-refractivity contribution in [2.45, 2.75) is 20.1 Å². The molecule has 0 radical (unpaired) electrons. The Balaban J connectivity index is 1.32. The normalized spacial score (nSPS) is 10.9.